The molecule has 0 N–H and O–H groups in total. The highest BCUT2D eigenvalue weighted by molar-refractivity contribution is 6.61. The van der Waals surface area contributed by atoms with Gasteiger partial charge >= 0.3 is 10.5 Å². The number of alkyl halides is 4. The van der Waals surface area contributed by atoms with Crippen molar-refractivity contribution < 1.29 is 14.3 Å². The van der Waals surface area contributed by atoms with E-state index in [1.807, 2.05) is 0 Å². The van der Waals surface area contributed by atoms with Crippen molar-refractivity contribution in [3.05, 3.63) is 12.2 Å². The zero-order valence-electron chi connectivity index (χ0n) is 8.15. The zero-order valence-corrected chi connectivity index (χ0v) is 11.2. The minimum atomic E-state index is -2.21. The Kier molecular flexibility index (Phi) is 5.72. The first kappa shape index (κ1) is 15.3. The number of ether oxygens (including phenoxy) is 2. The Morgan fingerprint density at radius 1 is 1.27 bits per heavy atom. The molecule has 3 nitrogen and oxygen atoms in total. The monoisotopic (exact) mass is 294 g/mol. The van der Waals surface area contributed by atoms with Gasteiger partial charge in [-0.3, -0.25) is 0 Å². The third kappa shape index (κ3) is 4.37. The molecule has 0 rings (SSSR count). The molecule has 0 aromatic heterocycles. The van der Waals surface area contributed by atoms with Crippen LogP contribution in [0.5, 0.6) is 0 Å². The molecule has 0 saturated heterocycles. The molecule has 0 aliphatic heterocycles. The maximum absolute atomic E-state index is 11.1. The molecule has 88 valence electrons. The van der Waals surface area contributed by atoms with Gasteiger partial charge in [0.05, 0.1) is 0 Å². The van der Waals surface area contributed by atoms with Gasteiger partial charge in [-0.1, -0.05) is 53.0 Å². The molecule has 0 aromatic carbocycles. The average molecular weight is 296 g/mol. The predicted molar refractivity (Wildman–Crippen MR) is 61.4 cm³/mol. The summed E-state index contributed by atoms with van der Waals surface area (Å²) < 4.78 is 5.20. The van der Waals surface area contributed by atoms with Crippen LogP contribution in [0.2, 0.25) is 0 Å². The average Bonchev–Trinajstić information content (AvgIpc) is 2.02. The van der Waals surface area contributed by atoms with Crippen molar-refractivity contribution in [2.24, 2.45) is 0 Å². The van der Waals surface area contributed by atoms with Gasteiger partial charge in [-0.15, -0.1) is 0 Å². The molecule has 0 atom stereocenters. The molecule has 0 aliphatic rings. The van der Waals surface area contributed by atoms with Crippen LogP contribution in [0.15, 0.2) is 12.2 Å². The summed E-state index contributed by atoms with van der Waals surface area (Å²) >= 11 is 22.6. The lowest BCUT2D eigenvalue weighted by Crippen LogP contribution is -2.42. The van der Waals surface area contributed by atoms with Gasteiger partial charge in [-0.05, 0) is 13.8 Å². The molecule has 0 fully saturated rings. The molecule has 15 heavy (non-hydrogen) atoms. The molecule has 0 bridgehead atoms. The normalized spacial score (nSPS) is 12.4. The van der Waals surface area contributed by atoms with Crippen molar-refractivity contribution in [2.45, 2.75) is 22.9 Å². The molecule has 0 radical (unpaired) electrons. The first-order valence-corrected chi connectivity index (χ1v) is 5.43. The second-order valence-electron chi connectivity index (χ2n) is 2.64. The number of halogens is 4. The van der Waals surface area contributed by atoms with Crippen molar-refractivity contribution in [1.29, 1.82) is 0 Å². The van der Waals surface area contributed by atoms with E-state index < -0.39 is 15.0 Å². The lowest BCUT2D eigenvalue weighted by Gasteiger charge is -2.31. The Morgan fingerprint density at radius 2 is 1.73 bits per heavy atom. The van der Waals surface area contributed by atoms with Gasteiger partial charge in [0.2, 0.25) is 0 Å². The first-order chi connectivity index (χ1) is 6.64. The number of hydrogen-bond acceptors (Lipinski definition) is 3. The van der Waals surface area contributed by atoms with Crippen molar-refractivity contribution in [3.8, 4) is 0 Å². The largest absolute Gasteiger partial charge is 0.419 e. The number of esters is 1. The summed E-state index contributed by atoms with van der Waals surface area (Å²) in [6, 6.07) is 0. The third-order valence-electron chi connectivity index (χ3n) is 1.23. The maximum Gasteiger partial charge on any atom is 0.335 e. The van der Waals surface area contributed by atoms with Crippen LogP contribution in [0.3, 0.4) is 0 Å². The van der Waals surface area contributed by atoms with E-state index in [1.54, 1.807) is 6.92 Å². The zero-order chi connectivity index (χ0) is 12.3. The fraction of sp³-hybridized carbons (Fsp3) is 0.625. The molecular weight excluding hydrogens is 286 g/mol. The Bertz CT molecular complexity index is 263. The van der Waals surface area contributed by atoms with Crippen molar-refractivity contribution in [2.75, 3.05) is 6.61 Å². The minimum absolute atomic E-state index is 0.112. The minimum Gasteiger partial charge on any atom is -0.419 e. The van der Waals surface area contributed by atoms with Gasteiger partial charge in [0.25, 0.3) is 4.52 Å². The molecule has 0 amide bonds. The molecule has 7 heteroatoms. The Labute approximate surface area is 108 Å². The fourth-order valence-electron chi connectivity index (χ4n) is 0.528. The van der Waals surface area contributed by atoms with E-state index >= 15 is 0 Å². The Hall–Kier alpha value is 0.330. The van der Waals surface area contributed by atoms with E-state index in [0.29, 0.717) is 0 Å². The van der Waals surface area contributed by atoms with E-state index in [9.17, 15) is 4.79 Å². The number of carbonyl (C=O) groups excluding carboxylic acids is 1. The SMILES string of the molecule is C=C(C)C(=O)OC(Cl)(Cl)C(Cl)(Cl)OCC. The smallest absolute Gasteiger partial charge is 0.335 e. The lowest BCUT2D eigenvalue weighted by atomic mass is 10.4. The number of rotatable bonds is 5. The molecule has 0 aliphatic carbocycles. The van der Waals surface area contributed by atoms with Gasteiger partial charge < -0.3 is 9.47 Å². The van der Waals surface area contributed by atoms with Crippen molar-refractivity contribution in [1.82, 2.24) is 0 Å². The van der Waals surface area contributed by atoms with E-state index in [0.717, 1.165) is 0 Å². The summed E-state index contributed by atoms with van der Waals surface area (Å²) in [5.74, 6) is -0.814. The highest BCUT2D eigenvalue weighted by Gasteiger charge is 2.52. The summed E-state index contributed by atoms with van der Waals surface area (Å²) in [5.41, 5.74) is 0.112. The highest BCUT2D eigenvalue weighted by Crippen LogP contribution is 2.44. The molecule has 0 unspecified atom stereocenters. The lowest BCUT2D eigenvalue weighted by molar-refractivity contribution is -0.148. The van der Waals surface area contributed by atoms with Crippen LogP contribution in [0, 0.1) is 0 Å². The molecule has 0 heterocycles. The molecule has 0 spiro atoms. The summed E-state index contributed by atoms with van der Waals surface area (Å²) in [5, 5.41) is 0. The van der Waals surface area contributed by atoms with Crippen LogP contribution in [0.25, 0.3) is 0 Å². The summed E-state index contributed by atoms with van der Waals surface area (Å²) in [6.45, 7) is 6.56. The number of carbonyl (C=O) groups is 1. The second-order valence-corrected chi connectivity index (χ2v) is 5.15. The topological polar surface area (TPSA) is 35.5 Å². The van der Waals surface area contributed by atoms with Crippen LogP contribution in [-0.2, 0) is 14.3 Å². The van der Waals surface area contributed by atoms with E-state index in [4.69, 9.17) is 51.1 Å². The van der Waals surface area contributed by atoms with Crippen LogP contribution >= 0.6 is 46.4 Å². The first-order valence-electron chi connectivity index (χ1n) is 3.92. The summed E-state index contributed by atoms with van der Waals surface area (Å²) in [7, 11) is 0. The van der Waals surface area contributed by atoms with Gasteiger partial charge in [0, 0.05) is 12.2 Å². The highest BCUT2D eigenvalue weighted by atomic mass is 35.5. The molecular formula is C8H10Cl4O3. The van der Waals surface area contributed by atoms with Gasteiger partial charge in [-0.25, -0.2) is 4.79 Å². The number of hydrogen-bond donors (Lipinski definition) is 0. The van der Waals surface area contributed by atoms with Crippen molar-refractivity contribution >= 4 is 52.4 Å². The van der Waals surface area contributed by atoms with Crippen LogP contribution in [0.1, 0.15) is 13.8 Å². The summed E-state index contributed by atoms with van der Waals surface area (Å²) in [4.78, 5) is 11.1. The predicted octanol–water partition coefficient (Wildman–Crippen LogP) is 3.41. The van der Waals surface area contributed by atoms with E-state index in [1.165, 1.54) is 6.92 Å². The standard InChI is InChI=1S/C8H10Cl4O3/c1-4-14-7(9,10)8(11,12)15-6(13)5(2)3/h2,4H2,1,3H3. The molecule has 0 saturated carbocycles. The van der Waals surface area contributed by atoms with Gasteiger partial charge in [0.15, 0.2) is 0 Å². The summed E-state index contributed by atoms with van der Waals surface area (Å²) in [6.07, 6.45) is 0. The van der Waals surface area contributed by atoms with Gasteiger partial charge in [0.1, 0.15) is 0 Å². The second kappa shape index (κ2) is 5.60. The quantitative estimate of drug-likeness (QED) is 0.443. The van der Waals surface area contributed by atoms with E-state index in [-0.39, 0.29) is 12.2 Å². The Morgan fingerprint density at radius 3 is 2.07 bits per heavy atom. The maximum atomic E-state index is 11.1. The molecule has 0 aromatic rings. The van der Waals surface area contributed by atoms with E-state index in [2.05, 4.69) is 11.3 Å². The third-order valence-corrected chi connectivity index (χ3v) is 3.06. The van der Waals surface area contributed by atoms with Crippen molar-refractivity contribution in [3.63, 3.8) is 0 Å². The van der Waals surface area contributed by atoms with Crippen LogP contribution < -0.4 is 0 Å². The fourth-order valence-corrected chi connectivity index (χ4v) is 1.07. The van der Waals surface area contributed by atoms with Crippen LogP contribution in [-0.4, -0.2) is 21.6 Å². The van der Waals surface area contributed by atoms with Crippen LogP contribution in [0.4, 0.5) is 0 Å². The van der Waals surface area contributed by atoms with Gasteiger partial charge in [-0.2, -0.15) is 0 Å². The Balaban J connectivity index is 4.67.